The largest absolute Gasteiger partial charge is 0.475 e. The summed E-state index contributed by atoms with van der Waals surface area (Å²) >= 11 is 0. The van der Waals surface area contributed by atoms with Crippen molar-refractivity contribution < 1.29 is 9.90 Å². The van der Waals surface area contributed by atoms with Crippen LogP contribution >= 0.6 is 0 Å². The number of nitrogens with zero attached hydrogens (tertiary/aromatic N) is 3. The van der Waals surface area contributed by atoms with Crippen molar-refractivity contribution in [2.24, 2.45) is 0 Å². The first-order valence-corrected chi connectivity index (χ1v) is 2.86. The van der Waals surface area contributed by atoms with Gasteiger partial charge in [0.15, 0.2) is 0 Å². The van der Waals surface area contributed by atoms with E-state index in [1.807, 2.05) is 6.92 Å². The molecule has 0 atom stereocenters. The van der Waals surface area contributed by atoms with E-state index in [1.54, 1.807) is 0 Å². The van der Waals surface area contributed by atoms with Crippen LogP contribution in [0, 0.1) is 0 Å². The van der Waals surface area contributed by atoms with Crippen LogP contribution in [0.15, 0.2) is 6.33 Å². The van der Waals surface area contributed by atoms with E-state index in [4.69, 9.17) is 5.11 Å². The van der Waals surface area contributed by atoms with Crippen molar-refractivity contribution >= 4 is 5.97 Å². The molecule has 1 N–H and O–H groups in total. The van der Waals surface area contributed by atoms with Crippen LogP contribution in [0.1, 0.15) is 17.5 Å². The Morgan fingerprint density at radius 1 is 1.90 bits per heavy atom. The van der Waals surface area contributed by atoms with Gasteiger partial charge in [-0.1, -0.05) is 0 Å². The monoisotopic (exact) mass is 141 g/mol. The minimum Gasteiger partial charge on any atom is -0.475 e. The number of aromatic nitrogens is 3. The van der Waals surface area contributed by atoms with Crippen molar-refractivity contribution in [3.05, 3.63) is 12.2 Å². The Morgan fingerprint density at radius 3 is 3.00 bits per heavy atom. The molecule has 54 valence electrons. The molecule has 1 aromatic heterocycles. The molecule has 0 unspecified atom stereocenters. The van der Waals surface area contributed by atoms with Gasteiger partial charge in [-0.05, 0) is 6.92 Å². The van der Waals surface area contributed by atoms with Gasteiger partial charge in [0.25, 0.3) is 0 Å². The van der Waals surface area contributed by atoms with Gasteiger partial charge in [-0.3, -0.25) is 0 Å². The van der Waals surface area contributed by atoms with Crippen LogP contribution in [-0.2, 0) is 6.54 Å². The minimum absolute atomic E-state index is 0.0116. The second-order valence-corrected chi connectivity index (χ2v) is 1.75. The van der Waals surface area contributed by atoms with Gasteiger partial charge in [-0.15, -0.1) is 10.2 Å². The van der Waals surface area contributed by atoms with Crippen LogP contribution in [0.5, 0.6) is 0 Å². The van der Waals surface area contributed by atoms with Crippen LogP contribution in [0.25, 0.3) is 0 Å². The highest BCUT2D eigenvalue weighted by molar-refractivity contribution is 5.83. The first-order valence-electron chi connectivity index (χ1n) is 2.86. The number of aromatic carboxylic acids is 1. The molecule has 1 rings (SSSR count). The average Bonchev–Trinajstić information content (AvgIpc) is 2.33. The molecule has 0 bridgehead atoms. The quantitative estimate of drug-likeness (QED) is 0.629. The smallest absolute Gasteiger partial charge is 0.374 e. The third-order valence-electron chi connectivity index (χ3n) is 1.15. The molecule has 0 aromatic carbocycles. The van der Waals surface area contributed by atoms with Gasteiger partial charge in [0.05, 0.1) is 0 Å². The third kappa shape index (κ3) is 0.975. The Bertz CT molecular complexity index is 243. The fraction of sp³-hybridized carbons (Fsp3) is 0.400. The van der Waals surface area contributed by atoms with Crippen molar-refractivity contribution in [1.29, 1.82) is 0 Å². The van der Waals surface area contributed by atoms with E-state index >= 15 is 0 Å². The summed E-state index contributed by atoms with van der Waals surface area (Å²) in [5, 5.41) is 15.3. The number of carboxylic acid groups (broad SMARTS) is 1. The topological polar surface area (TPSA) is 68.0 Å². The number of hydrogen-bond donors (Lipinski definition) is 1. The summed E-state index contributed by atoms with van der Waals surface area (Å²) in [5.74, 6) is -1.05. The van der Waals surface area contributed by atoms with Crippen molar-refractivity contribution in [2.45, 2.75) is 13.5 Å². The van der Waals surface area contributed by atoms with E-state index in [1.165, 1.54) is 10.9 Å². The van der Waals surface area contributed by atoms with E-state index in [0.717, 1.165) is 0 Å². The molecular formula is C5H7N3O2. The summed E-state index contributed by atoms with van der Waals surface area (Å²) < 4.78 is 1.46. The Hall–Kier alpha value is -1.39. The second kappa shape index (κ2) is 2.47. The van der Waals surface area contributed by atoms with Crippen molar-refractivity contribution in [1.82, 2.24) is 14.8 Å². The highest BCUT2D eigenvalue weighted by atomic mass is 16.4. The number of rotatable bonds is 2. The van der Waals surface area contributed by atoms with E-state index in [9.17, 15) is 4.79 Å². The molecule has 0 saturated heterocycles. The van der Waals surface area contributed by atoms with Crippen LogP contribution in [-0.4, -0.2) is 25.8 Å². The van der Waals surface area contributed by atoms with Crippen molar-refractivity contribution in [3.8, 4) is 0 Å². The van der Waals surface area contributed by atoms with Crippen LogP contribution in [0.2, 0.25) is 0 Å². The Kier molecular flexibility index (Phi) is 1.66. The molecule has 10 heavy (non-hydrogen) atoms. The van der Waals surface area contributed by atoms with E-state index < -0.39 is 5.97 Å². The fourth-order valence-electron chi connectivity index (χ4n) is 0.652. The number of carbonyl (C=O) groups is 1. The SMILES string of the molecule is CCn1cnnc1C(=O)O. The summed E-state index contributed by atoms with van der Waals surface area (Å²) in [5.41, 5.74) is 0. The molecule has 0 aliphatic rings. The van der Waals surface area contributed by atoms with Crippen LogP contribution in [0.4, 0.5) is 0 Å². The summed E-state index contributed by atoms with van der Waals surface area (Å²) in [6.45, 7) is 2.41. The maximum atomic E-state index is 10.3. The molecule has 5 heteroatoms. The zero-order chi connectivity index (χ0) is 7.56. The predicted molar refractivity (Wildman–Crippen MR) is 32.7 cm³/mol. The fourth-order valence-corrected chi connectivity index (χ4v) is 0.652. The number of hydrogen-bond acceptors (Lipinski definition) is 3. The Balaban J connectivity index is 3.01. The minimum atomic E-state index is -1.04. The second-order valence-electron chi connectivity index (χ2n) is 1.75. The Morgan fingerprint density at radius 2 is 2.60 bits per heavy atom. The highest BCUT2D eigenvalue weighted by Gasteiger charge is 2.09. The maximum Gasteiger partial charge on any atom is 0.374 e. The van der Waals surface area contributed by atoms with Gasteiger partial charge in [0.1, 0.15) is 6.33 Å². The van der Waals surface area contributed by atoms with E-state index in [0.29, 0.717) is 6.54 Å². The lowest BCUT2D eigenvalue weighted by Gasteiger charge is -1.94. The Labute approximate surface area is 57.3 Å². The summed E-state index contributed by atoms with van der Waals surface area (Å²) in [7, 11) is 0. The first-order chi connectivity index (χ1) is 4.75. The standard InChI is InChI=1S/C5H7N3O2/c1-2-8-3-6-7-4(8)5(9)10/h3H,2H2,1H3,(H,9,10). The normalized spacial score (nSPS) is 9.70. The zero-order valence-corrected chi connectivity index (χ0v) is 5.48. The molecule has 0 aliphatic heterocycles. The molecule has 0 saturated carbocycles. The summed E-state index contributed by atoms with van der Waals surface area (Å²) in [4.78, 5) is 10.3. The molecule has 5 nitrogen and oxygen atoms in total. The van der Waals surface area contributed by atoms with Gasteiger partial charge >= 0.3 is 5.97 Å². The van der Waals surface area contributed by atoms with E-state index in [-0.39, 0.29) is 5.82 Å². The van der Waals surface area contributed by atoms with Gasteiger partial charge in [0.2, 0.25) is 5.82 Å². The van der Waals surface area contributed by atoms with Gasteiger partial charge < -0.3 is 9.67 Å². The first kappa shape index (κ1) is 6.73. The number of aryl methyl sites for hydroxylation is 1. The molecule has 0 spiro atoms. The van der Waals surface area contributed by atoms with Crippen molar-refractivity contribution in [3.63, 3.8) is 0 Å². The van der Waals surface area contributed by atoms with Crippen LogP contribution < -0.4 is 0 Å². The lowest BCUT2D eigenvalue weighted by atomic mass is 10.6. The average molecular weight is 141 g/mol. The van der Waals surface area contributed by atoms with Crippen LogP contribution in [0.3, 0.4) is 0 Å². The summed E-state index contributed by atoms with van der Waals surface area (Å²) in [6.07, 6.45) is 1.39. The zero-order valence-electron chi connectivity index (χ0n) is 5.48. The molecule has 0 fully saturated rings. The van der Waals surface area contributed by atoms with Gasteiger partial charge in [-0.2, -0.15) is 0 Å². The van der Waals surface area contributed by atoms with Crippen molar-refractivity contribution in [2.75, 3.05) is 0 Å². The summed E-state index contributed by atoms with van der Waals surface area (Å²) in [6, 6.07) is 0. The van der Waals surface area contributed by atoms with Gasteiger partial charge in [-0.25, -0.2) is 4.79 Å². The maximum absolute atomic E-state index is 10.3. The molecule has 1 heterocycles. The highest BCUT2D eigenvalue weighted by Crippen LogP contribution is 1.92. The van der Waals surface area contributed by atoms with E-state index in [2.05, 4.69) is 10.2 Å². The lowest BCUT2D eigenvalue weighted by molar-refractivity contribution is 0.0678. The predicted octanol–water partition coefficient (Wildman–Crippen LogP) is -0.00380. The van der Waals surface area contributed by atoms with Gasteiger partial charge in [0, 0.05) is 6.54 Å². The lowest BCUT2D eigenvalue weighted by Crippen LogP contribution is -2.07. The number of carboxylic acids is 1. The molecular weight excluding hydrogens is 134 g/mol. The molecule has 0 aliphatic carbocycles. The molecule has 0 amide bonds. The molecule has 0 radical (unpaired) electrons. The third-order valence-corrected chi connectivity index (χ3v) is 1.15. The molecule has 1 aromatic rings.